The van der Waals surface area contributed by atoms with Gasteiger partial charge in [0.15, 0.2) is 0 Å². The number of nitrogens with two attached hydrogens (primary N) is 1. The van der Waals surface area contributed by atoms with E-state index in [1.807, 2.05) is 18.2 Å². The number of thiophene rings is 1. The predicted octanol–water partition coefficient (Wildman–Crippen LogP) is 2.77. The van der Waals surface area contributed by atoms with E-state index >= 15 is 0 Å². The van der Waals surface area contributed by atoms with Gasteiger partial charge in [0.05, 0.1) is 0 Å². The van der Waals surface area contributed by atoms with Crippen LogP contribution in [0.5, 0.6) is 0 Å². The highest BCUT2D eigenvalue weighted by atomic mass is 35.5. The zero-order valence-corrected chi connectivity index (χ0v) is 10.1. The molecule has 0 radical (unpaired) electrons. The van der Waals surface area contributed by atoms with Crippen molar-refractivity contribution in [1.29, 1.82) is 0 Å². The highest BCUT2D eigenvalue weighted by Gasteiger charge is 2.02. The molecule has 0 atom stereocenters. The van der Waals surface area contributed by atoms with Crippen LogP contribution in [-0.2, 0) is 6.42 Å². The van der Waals surface area contributed by atoms with E-state index in [0.717, 1.165) is 16.8 Å². The molecule has 0 bridgehead atoms. The van der Waals surface area contributed by atoms with Crippen LogP contribution in [0.3, 0.4) is 0 Å². The predicted molar refractivity (Wildman–Crippen MR) is 68.1 cm³/mol. The van der Waals surface area contributed by atoms with Crippen LogP contribution in [0.1, 0.15) is 4.88 Å². The topological polar surface area (TPSA) is 55.1 Å². The van der Waals surface area contributed by atoms with Gasteiger partial charge in [-0.3, -0.25) is 0 Å². The molecular weight excluding hydrogens is 244 g/mol. The fourth-order valence-corrected chi connectivity index (χ4v) is 2.73. The molecule has 3 nitrogen and oxygen atoms in total. The Balaban J connectivity index is 2.10. The van der Waals surface area contributed by atoms with E-state index in [1.165, 1.54) is 9.58 Å². The van der Waals surface area contributed by atoms with Crippen LogP contribution in [0.2, 0.25) is 5.02 Å². The summed E-state index contributed by atoms with van der Waals surface area (Å²) in [5.74, 6) is 0. The molecule has 0 aliphatic rings. The molecule has 5 heteroatoms. The summed E-state index contributed by atoms with van der Waals surface area (Å²) in [6.45, 7) is 0.565. The van der Waals surface area contributed by atoms with Crippen LogP contribution >= 0.6 is 22.9 Å². The molecular formula is C11H11ClN2OS. The number of rotatable bonds is 3. The van der Waals surface area contributed by atoms with Crippen molar-refractivity contribution in [3.8, 4) is 0 Å². The van der Waals surface area contributed by atoms with Gasteiger partial charge in [-0.15, -0.1) is 11.3 Å². The number of carbonyl (C=O) groups excluding carboxylic acids is 1. The van der Waals surface area contributed by atoms with Crippen LogP contribution in [0.15, 0.2) is 24.3 Å². The Morgan fingerprint density at radius 2 is 2.25 bits per heavy atom. The standard InChI is InChI=1S/C11H11ClN2OS/c12-8-1-2-10-7(5-8)6-9(16-10)3-4-14-11(13)15/h1-2,5-6H,3-4H2,(H3,13,14,15). The van der Waals surface area contributed by atoms with Crippen LogP contribution < -0.4 is 11.1 Å². The smallest absolute Gasteiger partial charge is 0.312 e. The number of hydrogen-bond donors (Lipinski definition) is 2. The van der Waals surface area contributed by atoms with E-state index in [-0.39, 0.29) is 0 Å². The summed E-state index contributed by atoms with van der Waals surface area (Å²) in [6, 6.07) is 7.44. The monoisotopic (exact) mass is 254 g/mol. The van der Waals surface area contributed by atoms with Gasteiger partial charge in [-0.2, -0.15) is 0 Å². The van der Waals surface area contributed by atoms with Crippen molar-refractivity contribution in [2.45, 2.75) is 6.42 Å². The minimum Gasteiger partial charge on any atom is -0.352 e. The lowest BCUT2D eigenvalue weighted by Gasteiger charge is -1.97. The van der Waals surface area contributed by atoms with Crippen molar-refractivity contribution >= 4 is 39.1 Å². The lowest BCUT2D eigenvalue weighted by atomic mass is 10.2. The second-order valence-electron chi connectivity index (χ2n) is 3.44. The molecule has 0 unspecified atom stereocenters. The van der Waals surface area contributed by atoms with E-state index < -0.39 is 6.03 Å². The third-order valence-electron chi connectivity index (χ3n) is 2.20. The molecule has 2 amide bonds. The second kappa shape index (κ2) is 4.72. The molecule has 1 heterocycles. The number of halogens is 1. The third-order valence-corrected chi connectivity index (χ3v) is 3.61. The Labute approximate surface area is 102 Å². The highest BCUT2D eigenvalue weighted by Crippen LogP contribution is 2.28. The number of hydrogen-bond acceptors (Lipinski definition) is 2. The Bertz CT molecular complexity index is 524. The molecule has 1 aromatic heterocycles. The van der Waals surface area contributed by atoms with Crippen molar-refractivity contribution in [2.24, 2.45) is 5.73 Å². The molecule has 1 aromatic carbocycles. The minimum absolute atomic E-state index is 0.482. The molecule has 0 aliphatic carbocycles. The first-order chi connectivity index (χ1) is 7.65. The van der Waals surface area contributed by atoms with Gasteiger partial charge >= 0.3 is 6.03 Å². The lowest BCUT2D eigenvalue weighted by molar-refractivity contribution is 0.249. The summed E-state index contributed by atoms with van der Waals surface area (Å²) in [7, 11) is 0. The van der Waals surface area contributed by atoms with Crippen molar-refractivity contribution in [2.75, 3.05) is 6.54 Å². The summed E-state index contributed by atoms with van der Waals surface area (Å²) in [4.78, 5) is 11.7. The van der Waals surface area contributed by atoms with Gasteiger partial charge < -0.3 is 11.1 Å². The van der Waals surface area contributed by atoms with Crippen molar-refractivity contribution in [3.63, 3.8) is 0 Å². The molecule has 0 saturated carbocycles. The number of primary amides is 1. The van der Waals surface area contributed by atoms with E-state index in [1.54, 1.807) is 11.3 Å². The Kier molecular flexibility index (Phi) is 3.31. The maximum Gasteiger partial charge on any atom is 0.312 e. The molecule has 0 fully saturated rings. The van der Waals surface area contributed by atoms with Gasteiger partial charge in [0.2, 0.25) is 0 Å². The Morgan fingerprint density at radius 3 is 3.00 bits per heavy atom. The van der Waals surface area contributed by atoms with Crippen LogP contribution in [0.4, 0.5) is 4.79 Å². The number of benzene rings is 1. The SMILES string of the molecule is NC(=O)NCCc1cc2cc(Cl)ccc2s1. The van der Waals surface area contributed by atoms with Crippen LogP contribution in [-0.4, -0.2) is 12.6 Å². The van der Waals surface area contributed by atoms with E-state index in [0.29, 0.717) is 6.54 Å². The molecule has 0 aliphatic heterocycles. The fourth-order valence-electron chi connectivity index (χ4n) is 1.50. The first-order valence-corrected chi connectivity index (χ1v) is 6.06. The molecule has 0 spiro atoms. The van der Waals surface area contributed by atoms with Crippen LogP contribution in [0, 0.1) is 0 Å². The summed E-state index contributed by atoms with van der Waals surface area (Å²) in [5, 5.41) is 4.46. The van der Waals surface area contributed by atoms with Gasteiger partial charge in [-0.25, -0.2) is 4.79 Å². The normalized spacial score (nSPS) is 10.6. The fraction of sp³-hybridized carbons (Fsp3) is 0.182. The number of nitrogens with one attached hydrogen (secondary N) is 1. The summed E-state index contributed by atoms with van der Waals surface area (Å²) >= 11 is 7.61. The van der Waals surface area contributed by atoms with Crippen molar-refractivity contribution in [1.82, 2.24) is 5.32 Å². The molecule has 0 saturated heterocycles. The lowest BCUT2D eigenvalue weighted by Crippen LogP contribution is -2.30. The molecule has 16 heavy (non-hydrogen) atoms. The average Bonchev–Trinajstić information content (AvgIpc) is 2.58. The summed E-state index contributed by atoms with van der Waals surface area (Å²) < 4.78 is 1.21. The maximum atomic E-state index is 10.5. The largest absolute Gasteiger partial charge is 0.352 e. The molecule has 2 aromatic rings. The van der Waals surface area contributed by atoms with E-state index in [2.05, 4.69) is 11.4 Å². The first kappa shape index (κ1) is 11.2. The molecule has 84 valence electrons. The summed E-state index contributed by atoms with van der Waals surface area (Å²) in [6.07, 6.45) is 0.792. The highest BCUT2D eigenvalue weighted by molar-refractivity contribution is 7.19. The quantitative estimate of drug-likeness (QED) is 0.870. The number of fused-ring (bicyclic) bond motifs is 1. The zero-order chi connectivity index (χ0) is 11.5. The average molecular weight is 255 g/mol. The number of urea groups is 1. The van der Waals surface area contributed by atoms with Crippen LogP contribution in [0.25, 0.3) is 10.1 Å². The van der Waals surface area contributed by atoms with Crippen molar-refractivity contribution in [3.05, 3.63) is 34.2 Å². The Hall–Kier alpha value is -1.26. The molecule has 2 rings (SSSR count). The molecule has 3 N–H and O–H groups in total. The maximum absolute atomic E-state index is 10.5. The van der Waals surface area contributed by atoms with Crippen molar-refractivity contribution < 1.29 is 4.79 Å². The summed E-state index contributed by atoms with van der Waals surface area (Å²) in [5.41, 5.74) is 4.99. The third kappa shape index (κ3) is 2.65. The van der Waals surface area contributed by atoms with Gasteiger partial charge in [0.1, 0.15) is 0 Å². The zero-order valence-electron chi connectivity index (χ0n) is 8.50. The Morgan fingerprint density at radius 1 is 1.44 bits per heavy atom. The van der Waals surface area contributed by atoms with Gasteiger partial charge in [0.25, 0.3) is 0 Å². The second-order valence-corrected chi connectivity index (χ2v) is 5.04. The number of amides is 2. The van der Waals surface area contributed by atoms with Gasteiger partial charge in [-0.05, 0) is 36.1 Å². The van der Waals surface area contributed by atoms with E-state index in [9.17, 15) is 4.79 Å². The van der Waals surface area contributed by atoms with E-state index in [4.69, 9.17) is 17.3 Å². The van der Waals surface area contributed by atoms with Gasteiger partial charge in [0, 0.05) is 21.1 Å². The minimum atomic E-state index is -0.482. The first-order valence-electron chi connectivity index (χ1n) is 4.86. The van der Waals surface area contributed by atoms with Gasteiger partial charge in [-0.1, -0.05) is 11.6 Å². The number of carbonyl (C=O) groups is 1.